The number of benzene rings is 5. The lowest BCUT2D eigenvalue weighted by Gasteiger charge is -2.23. The van der Waals surface area contributed by atoms with E-state index in [9.17, 15) is 44.0 Å². The fraction of sp³-hybridized carbons (Fsp3) is 0.231. The third-order valence-electron chi connectivity index (χ3n) is 7.86. The number of rotatable bonds is 9. The third-order valence-corrected chi connectivity index (χ3v) is 10.5. The molecule has 0 fully saturated rings. The molecule has 304 valence electrons. The molecule has 6 aromatic rings. The molecule has 0 bridgehead atoms. The minimum atomic E-state index is -5.23. The summed E-state index contributed by atoms with van der Waals surface area (Å²) < 4.78 is 105. The van der Waals surface area contributed by atoms with Crippen LogP contribution in [0.4, 0.5) is 22.9 Å². The van der Waals surface area contributed by atoms with E-state index in [1.54, 1.807) is 25.1 Å². The van der Waals surface area contributed by atoms with Gasteiger partial charge < -0.3 is 10.0 Å². The molecule has 5 aromatic carbocycles. The molecule has 15 nitrogen and oxygen atoms in total. The first kappa shape index (κ1) is 46.0. The van der Waals surface area contributed by atoms with Crippen LogP contribution in [0, 0.1) is 6.92 Å². The minimum Gasteiger partial charge on any atom is -0.505 e. The summed E-state index contributed by atoms with van der Waals surface area (Å²) in [6.45, 7) is 13.6. The van der Waals surface area contributed by atoms with E-state index in [0.29, 0.717) is 23.3 Å². The topological polar surface area (TPSA) is 237 Å². The first-order valence-electron chi connectivity index (χ1n) is 17.7. The van der Waals surface area contributed by atoms with Crippen molar-refractivity contribution in [2.45, 2.75) is 69.6 Å². The molecule has 18 heteroatoms. The van der Waals surface area contributed by atoms with Crippen LogP contribution in [0.1, 0.15) is 58.6 Å². The van der Waals surface area contributed by atoms with Gasteiger partial charge in [0.05, 0.1) is 16.3 Å². The zero-order valence-corrected chi connectivity index (χ0v) is 35.0. The number of aryl methyl sites for hydroxylation is 1. The summed E-state index contributed by atoms with van der Waals surface area (Å²) in [5, 5.41) is 19.4. The first-order valence-corrected chi connectivity index (χ1v) is 22.1. The second-order valence-corrected chi connectivity index (χ2v) is 15.5. The SMILES string of the molecule is CC.CC.CC.Cc1nc(Cc2ccccc2)cc(N(C)c2cc(S(=O)(=O)O)cc3cc(S(=O)(=O)O)c(N=Nc4ccc5ccccc5c4S(=O)(=O)O)c(O)c23)n1. The molecule has 0 amide bonds. The summed E-state index contributed by atoms with van der Waals surface area (Å²) in [7, 11) is -13.6. The van der Waals surface area contributed by atoms with Gasteiger partial charge in [-0.3, -0.25) is 13.7 Å². The largest absolute Gasteiger partial charge is 0.505 e. The third kappa shape index (κ3) is 10.7. The summed E-state index contributed by atoms with van der Waals surface area (Å²) in [5.41, 5.74) is 0.139. The van der Waals surface area contributed by atoms with Gasteiger partial charge in [0, 0.05) is 30.3 Å². The predicted octanol–water partition coefficient (Wildman–Crippen LogP) is 9.39. The van der Waals surface area contributed by atoms with E-state index in [1.165, 1.54) is 36.2 Å². The van der Waals surface area contributed by atoms with E-state index in [2.05, 4.69) is 20.2 Å². The van der Waals surface area contributed by atoms with Crippen LogP contribution >= 0.6 is 0 Å². The molecule has 0 atom stereocenters. The van der Waals surface area contributed by atoms with Gasteiger partial charge in [0.1, 0.15) is 32.8 Å². The Morgan fingerprint density at radius 1 is 0.667 bits per heavy atom. The lowest BCUT2D eigenvalue weighted by atomic mass is 10.1. The van der Waals surface area contributed by atoms with Crippen molar-refractivity contribution >= 4 is 74.8 Å². The number of aromatic hydroxyl groups is 1. The van der Waals surface area contributed by atoms with Gasteiger partial charge in [-0.1, -0.05) is 102 Å². The number of anilines is 2. The summed E-state index contributed by atoms with van der Waals surface area (Å²) in [4.78, 5) is 7.94. The van der Waals surface area contributed by atoms with Crippen LogP contribution in [0.3, 0.4) is 0 Å². The molecule has 1 heterocycles. The lowest BCUT2D eigenvalue weighted by Crippen LogP contribution is -2.15. The molecule has 0 aliphatic rings. The number of azo groups is 1. The number of fused-ring (bicyclic) bond motifs is 2. The molecule has 4 N–H and O–H groups in total. The molecule has 0 radical (unpaired) electrons. The number of hydrogen-bond acceptors (Lipinski definition) is 12. The molecule has 0 unspecified atom stereocenters. The lowest BCUT2D eigenvalue weighted by molar-refractivity contribution is 0.472. The standard InChI is InChI=1S/C33H27N5O10S3.3C2H6/c1-19-34-23(14-20-8-4-3-5-9-20)17-29(35-19)38(2)27-18-24(49(40,41)42)15-22-16-28(50(43,44)45)31(32(39)30(22)27)37-36-26-13-12-21-10-6-7-11-25(21)33(26)51(46,47)48;3*1-2/h3-13,15-18,39H,14H2,1-2H3,(H,40,41,42)(H,43,44,45)(H,46,47,48);3*1-2H3. The first-order chi connectivity index (χ1) is 26.9. The van der Waals surface area contributed by atoms with Crippen LogP contribution in [0.15, 0.2) is 116 Å². The Balaban J connectivity index is 0.00000138. The molecule has 0 spiro atoms. The average molecular weight is 840 g/mol. The van der Waals surface area contributed by atoms with E-state index in [0.717, 1.165) is 23.8 Å². The molecule has 6 rings (SSSR count). The zero-order valence-electron chi connectivity index (χ0n) is 32.6. The Bertz CT molecular complexity index is 2750. The molecule has 0 saturated carbocycles. The highest BCUT2D eigenvalue weighted by atomic mass is 32.2. The molecule has 57 heavy (non-hydrogen) atoms. The Hall–Kier alpha value is -5.37. The number of phenols is 1. The summed E-state index contributed by atoms with van der Waals surface area (Å²) >= 11 is 0. The van der Waals surface area contributed by atoms with Gasteiger partial charge in [0.15, 0.2) is 5.75 Å². The highest BCUT2D eigenvalue weighted by Crippen LogP contribution is 2.47. The van der Waals surface area contributed by atoms with Crippen LogP contribution in [0.5, 0.6) is 5.75 Å². The zero-order chi connectivity index (χ0) is 42.9. The van der Waals surface area contributed by atoms with Crippen molar-refractivity contribution in [2.75, 3.05) is 11.9 Å². The van der Waals surface area contributed by atoms with Crippen molar-refractivity contribution < 1.29 is 44.0 Å². The van der Waals surface area contributed by atoms with Crippen LogP contribution in [-0.2, 0) is 36.8 Å². The molecular formula is C39H45N5O10S3. The average Bonchev–Trinajstić information content (AvgIpc) is 3.17. The highest BCUT2D eigenvalue weighted by molar-refractivity contribution is 7.86. The van der Waals surface area contributed by atoms with Crippen LogP contribution in [0.2, 0.25) is 0 Å². The van der Waals surface area contributed by atoms with Gasteiger partial charge in [-0.05, 0) is 47.5 Å². The van der Waals surface area contributed by atoms with Crippen molar-refractivity contribution in [1.82, 2.24) is 9.97 Å². The Morgan fingerprint density at radius 3 is 1.88 bits per heavy atom. The van der Waals surface area contributed by atoms with Crippen molar-refractivity contribution in [3.8, 4) is 5.75 Å². The maximum Gasteiger partial charge on any atom is 0.297 e. The second kappa shape index (κ2) is 19.2. The molecule has 0 saturated heterocycles. The van der Waals surface area contributed by atoms with E-state index < -0.39 is 62.2 Å². The number of aromatic nitrogens is 2. The number of hydrogen-bond donors (Lipinski definition) is 4. The van der Waals surface area contributed by atoms with Crippen molar-refractivity contribution in [3.05, 3.63) is 108 Å². The van der Waals surface area contributed by atoms with Crippen molar-refractivity contribution in [3.63, 3.8) is 0 Å². The Labute approximate surface area is 333 Å². The predicted molar refractivity (Wildman–Crippen MR) is 221 cm³/mol. The second-order valence-electron chi connectivity index (χ2n) is 11.4. The van der Waals surface area contributed by atoms with Gasteiger partial charge in [-0.2, -0.15) is 25.3 Å². The Kier molecular flexibility index (Phi) is 15.5. The number of phenolic OH excluding ortho intramolecular Hbond substituents is 1. The molecule has 0 aliphatic heterocycles. The van der Waals surface area contributed by atoms with Crippen molar-refractivity contribution in [1.29, 1.82) is 0 Å². The smallest absolute Gasteiger partial charge is 0.297 e. The molecular weight excluding hydrogens is 795 g/mol. The summed E-state index contributed by atoms with van der Waals surface area (Å²) in [6.07, 6.45) is 0.407. The molecule has 1 aromatic heterocycles. The van der Waals surface area contributed by atoms with Gasteiger partial charge in [-0.25, -0.2) is 9.97 Å². The normalized spacial score (nSPS) is 11.6. The number of nitrogens with zero attached hydrogens (tertiary/aromatic N) is 5. The minimum absolute atomic E-state index is 0.0719. The monoisotopic (exact) mass is 839 g/mol. The van der Waals surface area contributed by atoms with Gasteiger partial charge >= 0.3 is 0 Å². The van der Waals surface area contributed by atoms with Crippen molar-refractivity contribution in [2.24, 2.45) is 10.2 Å². The van der Waals surface area contributed by atoms with E-state index in [1.807, 2.05) is 71.9 Å². The van der Waals surface area contributed by atoms with Crippen LogP contribution in [-0.4, -0.2) is 61.0 Å². The van der Waals surface area contributed by atoms with Gasteiger partial charge in [0.25, 0.3) is 30.4 Å². The van der Waals surface area contributed by atoms with E-state index in [-0.39, 0.29) is 27.7 Å². The quantitative estimate of drug-likeness (QED) is 0.0785. The fourth-order valence-corrected chi connectivity index (χ4v) is 7.66. The summed E-state index contributed by atoms with van der Waals surface area (Å²) in [5.74, 6) is -0.354. The Morgan fingerprint density at radius 2 is 1.28 bits per heavy atom. The van der Waals surface area contributed by atoms with Crippen LogP contribution in [0.25, 0.3) is 21.5 Å². The maximum atomic E-state index is 12.6. The van der Waals surface area contributed by atoms with Gasteiger partial charge in [0.2, 0.25) is 0 Å². The van der Waals surface area contributed by atoms with Gasteiger partial charge in [-0.15, -0.1) is 10.2 Å². The fourth-order valence-electron chi connectivity index (χ4n) is 5.63. The molecule has 0 aliphatic carbocycles. The highest BCUT2D eigenvalue weighted by Gasteiger charge is 2.28. The maximum absolute atomic E-state index is 12.6. The summed E-state index contributed by atoms with van der Waals surface area (Å²) in [6, 6.07) is 22.5. The van der Waals surface area contributed by atoms with E-state index in [4.69, 9.17) is 0 Å². The van der Waals surface area contributed by atoms with Crippen LogP contribution < -0.4 is 4.90 Å². The van der Waals surface area contributed by atoms with E-state index >= 15 is 0 Å².